The molecule has 5 rings (SSSR count). The predicted molar refractivity (Wildman–Crippen MR) is 159 cm³/mol. The van der Waals surface area contributed by atoms with Crippen LogP contribution in [0.3, 0.4) is 0 Å². The molecule has 3 aromatic rings. The van der Waals surface area contributed by atoms with Crippen LogP contribution in [0.4, 0.5) is 10.1 Å². The molecular weight excluding hydrogens is 532 g/mol. The predicted octanol–water partition coefficient (Wildman–Crippen LogP) is 7.45. The minimum Gasteiger partial charge on any atom is -0.384 e. The van der Waals surface area contributed by atoms with Gasteiger partial charge in [0.2, 0.25) is 0 Å². The summed E-state index contributed by atoms with van der Waals surface area (Å²) in [5, 5.41) is 4.55. The molecular formula is C32H36Cl2FN3O. The maximum Gasteiger partial charge on any atom is 0.253 e. The zero-order valence-electron chi connectivity index (χ0n) is 22.9. The van der Waals surface area contributed by atoms with E-state index in [9.17, 15) is 9.18 Å². The number of halogens is 3. The Morgan fingerprint density at radius 3 is 2.44 bits per heavy atom. The van der Waals surface area contributed by atoms with Crippen molar-refractivity contribution in [3.8, 4) is 0 Å². The molecule has 2 aliphatic heterocycles. The SMILES string of the molecule is Cc1cc(C)cc(C(=O)N(C)CC(CCN2CCC3(CC2)CNc2ccc(F)cc23)c2ccc(Cl)c(Cl)c2)c1. The molecule has 1 spiro atoms. The summed E-state index contributed by atoms with van der Waals surface area (Å²) in [5.41, 5.74) is 6.17. The van der Waals surface area contributed by atoms with E-state index in [1.54, 1.807) is 6.07 Å². The number of amides is 1. The fourth-order valence-corrected chi connectivity index (χ4v) is 6.63. The van der Waals surface area contributed by atoms with Crippen molar-refractivity contribution in [3.05, 3.63) is 98.3 Å². The molecule has 3 aromatic carbocycles. The highest BCUT2D eigenvalue weighted by molar-refractivity contribution is 6.42. The summed E-state index contributed by atoms with van der Waals surface area (Å²) >= 11 is 12.6. The maximum absolute atomic E-state index is 14.0. The molecule has 206 valence electrons. The van der Waals surface area contributed by atoms with E-state index in [-0.39, 0.29) is 23.1 Å². The first-order chi connectivity index (χ1) is 18.6. The number of rotatable bonds is 7. The number of aryl methyl sites for hydroxylation is 2. The van der Waals surface area contributed by atoms with Crippen molar-refractivity contribution >= 4 is 34.8 Å². The second-order valence-electron chi connectivity index (χ2n) is 11.4. The van der Waals surface area contributed by atoms with Gasteiger partial charge in [0.25, 0.3) is 5.91 Å². The number of hydrogen-bond donors (Lipinski definition) is 1. The van der Waals surface area contributed by atoms with Crippen LogP contribution in [0.15, 0.2) is 54.6 Å². The second kappa shape index (κ2) is 11.5. The van der Waals surface area contributed by atoms with Gasteiger partial charge >= 0.3 is 0 Å². The molecule has 1 N–H and O–H groups in total. The number of anilines is 1. The third-order valence-corrected chi connectivity index (χ3v) is 9.24. The van der Waals surface area contributed by atoms with E-state index in [0.717, 1.165) is 73.4 Å². The first kappa shape index (κ1) is 27.9. The molecule has 0 aliphatic carbocycles. The Morgan fingerprint density at radius 1 is 1.03 bits per heavy atom. The number of carbonyl (C=O) groups is 1. The van der Waals surface area contributed by atoms with E-state index in [1.165, 1.54) is 6.07 Å². The van der Waals surface area contributed by atoms with Crippen molar-refractivity contribution in [2.45, 2.75) is 44.4 Å². The van der Waals surface area contributed by atoms with Gasteiger partial charge in [-0.25, -0.2) is 4.39 Å². The molecule has 4 nitrogen and oxygen atoms in total. The second-order valence-corrected chi connectivity index (χ2v) is 12.2. The Kier molecular flexibility index (Phi) is 8.23. The van der Waals surface area contributed by atoms with E-state index in [0.29, 0.717) is 22.2 Å². The minimum absolute atomic E-state index is 0.00955. The van der Waals surface area contributed by atoms with Crippen molar-refractivity contribution in [2.75, 3.05) is 45.1 Å². The molecule has 2 heterocycles. The monoisotopic (exact) mass is 567 g/mol. The topological polar surface area (TPSA) is 35.6 Å². The highest BCUT2D eigenvalue weighted by Gasteiger charge is 2.41. The molecule has 1 amide bonds. The van der Waals surface area contributed by atoms with Crippen molar-refractivity contribution in [1.29, 1.82) is 0 Å². The molecule has 2 aliphatic rings. The van der Waals surface area contributed by atoms with Crippen LogP contribution in [0, 0.1) is 19.7 Å². The van der Waals surface area contributed by atoms with E-state index in [4.69, 9.17) is 23.2 Å². The molecule has 1 atom stereocenters. The van der Waals surface area contributed by atoms with E-state index in [2.05, 4.69) is 16.3 Å². The Bertz CT molecular complexity index is 1350. The first-order valence-electron chi connectivity index (χ1n) is 13.7. The largest absolute Gasteiger partial charge is 0.384 e. The van der Waals surface area contributed by atoms with Gasteiger partial charge in [-0.15, -0.1) is 0 Å². The summed E-state index contributed by atoms with van der Waals surface area (Å²) in [6.07, 6.45) is 2.89. The summed E-state index contributed by atoms with van der Waals surface area (Å²) in [4.78, 5) is 17.7. The third-order valence-electron chi connectivity index (χ3n) is 8.50. The molecule has 1 fully saturated rings. The van der Waals surface area contributed by atoms with Crippen LogP contribution < -0.4 is 5.32 Å². The molecule has 39 heavy (non-hydrogen) atoms. The Morgan fingerprint density at radius 2 is 1.74 bits per heavy atom. The zero-order valence-corrected chi connectivity index (χ0v) is 24.4. The number of hydrogen-bond acceptors (Lipinski definition) is 3. The number of carbonyl (C=O) groups excluding carboxylic acids is 1. The molecule has 0 radical (unpaired) electrons. The molecule has 1 saturated heterocycles. The van der Waals surface area contributed by atoms with E-state index >= 15 is 0 Å². The number of nitrogens with zero attached hydrogens (tertiary/aromatic N) is 2. The average molecular weight is 569 g/mol. The summed E-state index contributed by atoms with van der Waals surface area (Å²) in [5.74, 6) is -0.0342. The zero-order chi connectivity index (χ0) is 27.7. The van der Waals surface area contributed by atoms with E-state index < -0.39 is 0 Å². The lowest BCUT2D eigenvalue weighted by atomic mass is 9.74. The van der Waals surface area contributed by atoms with Gasteiger partial charge in [0, 0.05) is 42.7 Å². The van der Waals surface area contributed by atoms with Crippen LogP contribution in [0.25, 0.3) is 0 Å². The molecule has 0 bridgehead atoms. The first-order valence-corrected chi connectivity index (χ1v) is 14.4. The summed E-state index contributed by atoms with van der Waals surface area (Å²) in [6, 6.07) is 16.9. The highest BCUT2D eigenvalue weighted by Crippen LogP contribution is 2.44. The number of piperidine rings is 1. The van der Waals surface area contributed by atoms with Gasteiger partial charge < -0.3 is 15.1 Å². The van der Waals surface area contributed by atoms with Crippen molar-refractivity contribution < 1.29 is 9.18 Å². The van der Waals surface area contributed by atoms with Gasteiger partial charge in [-0.05, 0) is 106 Å². The Balaban J connectivity index is 1.27. The lowest BCUT2D eigenvalue weighted by Gasteiger charge is -2.40. The number of likely N-dealkylation sites (tertiary alicyclic amines) is 1. The van der Waals surface area contributed by atoms with Crippen LogP contribution >= 0.6 is 23.2 Å². The van der Waals surface area contributed by atoms with Gasteiger partial charge in [-0.3, -0.25) is 4.79 Å². The Hall–Kier alpha value is -2.60. The normalized spacial score (nSPS) is 17.1. The number of fused-ring (bicyclic) bond motifs is 2. The van der Waals surface area contributed by atoms with Crippen molar-refractivity contribution in [1.82, 2.24) is 9.80 Å². The van der Waals surface area contributed by atoms with Gasteiger partial charge in [-0.2, -0.15) is 0 Å². The fourth-order valence-electron chi connectivity index (χ4n) is 6.32. The Labute approximate surface area is 241 Å². The smallest absolute Gasteiger partial charge is 0.253 e. The van der Waals surface area contributed by atoms with Gasteiger partial charge in [0.1, 0.15) is 5.82 Å². The number of likely N-dealkylation sites (N-methyl/N-ethyl adjacent to an activating group) is 1. The summed E-state index contributed by atoms with van der Waals surface area (Å²) in [7, 11) is 1.87. The van der Waals surface area contributed by atoms with Gasteiger partial charge in [0.15, 0.2) is 0 Å². The summed E-state index contributed by atoms with van der Waals surface area (Å²) < 4.78 is 14.0. The van der Waals surface area contributed by atoms with E-state index in [1.807, 2.05) is 62.2 Å². The highest BCUT2D eigenvalue weighted by atomic mass is 35.5. The lowest BCUT2D eigenvalue weighted by molar-refractivity contribution is 0.0780. The number of benzene rings is 3. The van der Waals surface area contributed by atoms with Crippen LogP contribution in [0.1, 0.15) is 57.8 Å². The molecule has 7 heteroatoms. The fraction of sp³-hybridized carbons (Fsp3) is 0.406. The standard InChI is InChI=1S/C32H36Cl2FN3O/c1-21-14-22(2)16-25(15-21)31(39)37(3)19-24(23-4-6-28(33)29(34)17-23)8-11-38-12-9-32(10-13-38)20-36-30-7-5-26(35)18-27(30)32/h4-7,14-18,24,36H,8-13,19-20H2,1-3H3. The molecule has 0 saturated carbocycles. The van der Waals surface area contributed by atoms with Crippen molar-refractivity contribution in [2.24, 2.45) is 0 Å². The van der Waals surface area contributed by atoms with Crippen LogP contribution in [-0.2, 0) is 5.41 Å². The van der Waals surface area contributed by atoms with Crippen molar-refractivity contribution in [3.63, 3.8) is 0 Å². The van der Waals surface area contributed by atoms with Gasteiger partial charge in [0.05, 0.1) is 10.0 Å². The summed E-state index contributed by atoms with van der Waals surface area (Å²) in [6.45, 7) is 8.32. The van der Waals surface area contributed by atoms with Crippen LogP contribution in [0.2, 0.25) is 10.0 Å². The quantitative estimate of drug-likeness (QED) is 0.322. The van der Waals surface area contributed by atoms with Gasteiger partial charge in [-0.1, -0.05) is 46.5 Å². The average Bonchev–Trinajstić information content (AvgIpc) is 3.25. The minimum atomic E-state index is -0.164. The number of nitrogens with one attached hydrogen (secondary N) is 1. The third kappa shape index (κ3) is 6.11. The lowest BCUT2D eigenvalue weighted by Crippen LogP contribution is -2.44. The molecule has 1 unspecified atom stereocenters. The molecule has 0 aromatic heterocycles. The maximum atomic E-state index is 14.0. The van der Waals surface area contributed by atoms with Crippen LogP contribution in [0.5, 0.6) is 0 Å². The van der Waals surface area contributed by atoms with Crippen LogP contribution in [-0.4, -0.2) is 55.5 Å².